The Kier molecular flexibility index (Phi) is 2.08. The largest absolute Gasteiger partial charge is 0.391 e. The second kappa shape index (κ2) is 2.96. The minimum atomic E-state index is -0.505. The van der Waals surface area contributed by atoms with E-state index in [1.165, 1.54) is 0 Å². The van der Waals surface area contributed by atoms with Crippen LogP contribution in [0.25, 0.3) is 0 Å². The molecule has 0 unspecified atom stereocenters. The van der Waals surface area contributed by atoms with Crippen molar-refractivity contribution >= 4 is 0 Å². The Balaban J connectivity index is 2.01. The zero-order valence-corrected chi connectivity index (χ0v) is 7.03. The highest BCUT2D eigenvalue weighted by atomic mass is 16.7. The highest BCUT2D eigenvalue weighted by Crippen LogP contribution is 2.35. The minimum absolute atomic E-state index is 0.108. The van der Waals surface area contributed by atoms with Crippen molar-refractivity contribution in [2.75, 3.05) is 13.2 Å². The molecule has 0 radical (unpaired) electrons. The Bertz CT molecular complexity index is 168. The number of rotatable bonds is 0. The van der Waals surface area contributed by atoms with Gasteiger partial charge in [-0.05, 0) is 6.42 Å². The maximum absolute atomic E-state index is 9.52. The lowest BCUT2D eigenvalue weighted by Gasteiger charge is -2.37. The maximum atomic E-state index is 9.52. The van der Waals surface area contributed by atoms with E-state index < -0.39 is 11.9 Å². The third kappa shape index (κ3) is 1.35. The first-order chi connectivity index (χ1) is 5.72. The SMILES string of the molecule is N[C@@H]1CCC2(C[C@H]1O)OCCO2. The van der Waals surface area contributed by atoms with E-state index in [1.807, 2.05) is 0 Å². The molecule has 12 heavy (non-hydrogen) atoms. The Morgan fingerprint density at radius 2 is 2.00 bits per heavy atom. The molecule has 4 heteroatoms. The summed E-state index contributed by atoms with van der Waals surface area (Å²) in [5.74, 6) is -0.505. The standard InChI is InChI=1S/C8H15NO3/c9-6-1-2-8(5-7(6)10)11-3-4-12-8/h6-7,10H,1-5,9H2/t6-,7-/m1/s1. The molecule has 2 atom stereocenters. The van der Waals surface area contributed by atoms with E-state index in [2.05, 4.69) is 0 Å². The number of ether oxygens (including phenoxy) is 2. The summed E-state index contributed by atoms with van der Waals surface area (Å²) in [6, 6.07) is -0.108. The Labute approximate surface area is 71.6 Å². The fraction of sp³-hybridized carbons (Fsp3) is 1.00. The van der Waals surface area contributed by atoms with Gasteiger partial charge in [0.15, 0.2) is 5.79 Å². The fourth-order valence-corrected chi connectivity index (χ4v) is 1.91. The summed E-state index contributed by atoms with van der Waals surface area (Å²) in [4.78, 5) is 0. The van der Waals surface area contributed by atoms with Crippen LogP contribution >= 0.6 is 0 Å². The molecule has 0 aromatic heterocycles. The summed E-state index contributed by atoms with van der Waals surface area (Å²) in [7, 11) is 0. The summed E-state index contributed by atoms with van der Waals surface area (Å²) < 4.78 is 10.9. The molecule has 1 spiro atoms. The predicted octanol–water partition coefficient (Wildman–Crippen LogP) is -0.398. The summed E-state index contributed by atoms with van der Waals surface area (Å²) in [6.45, 7) is 1.28. The topological polar surface area (TPSA) is 64.7 Å². The number of aliphatic hydroxyl groups excluding tert-OH is 1. The minimum Gasteiger partial charge on any atom is -0.391 e. The molecule has 1 saturated carbocycles. The van der Waals surface area contributed by atoms with Crippen molar-refractivity contribution in [3.8, 4) is 0 Å². The van der Waals surface area contributed by atoms with Gasteiger partial charge in [0.25, 0.3) is 0 Å². The van der Waals surface area contributed by atoms with Gasteiger partial charge in [0, 0.05) is 18.9 Å². The molecular formula is C8H15NO3. The smallest absolute Gasteiger partial charge is 0.171 e. The number of hydrogen-bond acceptors (Lipinski definition) is 4. The Hall–Kier alpha value is -0.160. The lowest BCUT2D eigenvalue weighted by atomic mass is 9.88. The van der Waals surface area contributed by atoms with Crippen molar-refractivity contribution in [2.24, 2.45) is 5.73 Å². The van der Waals surface area contributed by atoms with Gasteiger partial charge in [-0.2, -0.15) is 0 Å². The van der Waals surface area contributed by atoms with E-state index in [1.54, 1.807) is 0 Å². The van der Waals surface area contributed by atoms with Crippen LogP contribution in [0.15, 0.2) is 0 Å². The molecule has 1 heterocycles. The van der Waals surface area contributed by atoms with Crippen LogP contribution in [0.2, 0.25) is 0 Å². The third-order valence-corrected chi connectivity index (χ3v) is 2.69. The van der Waals surface area contributed by atoms with E-state index in [4.69, 9.17) is 15.2 Å². The van der Waals surface area contributed by atoms with Gasteiger partial charge >= 0.3 is 0 Å². The molecule has 0 amide bonds. The van der Waals surface area contributed by atoms with Gasteiger partial charge in [-0.1, -0.05) is 0 Å². The normalized spacial score (nSPS) is 40.5. The average Bonchev–Trinajstić information content (AvgIpc) is 2.47. The lowest BCUT2D eigenvalue weighted by Crippen LogP contribution is -2.48. The van der Waals surface area contributed by atoms with Crippen molar-refractivity contribution in [3.63, 3.8) is 0 Å². The highest BCUT2D eigenvalue weighted by Gasteiger charge is 2.43. The molecule has 3 N–H and O–H groups in total. The van der Waals surface area contributed by atoms with Crippen LogP contribution in [0.1, 0.15) is 19.3 Å². The first-order valence-corrected chi connectivity index (χ1v) is 4.43. The first-order valence-electron chi connectivity index (χ1n) is 4.43. The van der Waals surface area contributed by atoms with E-state index in [0.29, 0.717) is 19.6 Å². The summed E-state index contributed by atoms with van der Waals surface area (Å²) in [5, 5.41) is 9.52. The predicted molar refractivity (Wildman–Crippen MR) is 42.5 cm³/mol. The molecule has 2 rings (SSSR count). The molecule has 0 aromatic carbocycles. The van der Waals surface area contributed by atoms with Crippen LogP contribution in [-0.2, 0) is 9.47 Å². The van der Waals surface area contributed by atoms with Crippen molar-refractivity contribution in [1.29, 1.82) is 0 Å². The van der Waals surface area contributed by atoms with Crippen molar-refractivity contribution in [3.05, 3.63) is 0 Å². The summed E-state index contributed by atoms with van der Waals surface area (Å²) in [6.07, 6.45) is 1.64. The van der Waals surface area contributed by atoms with E-state index >= 15 is 0 Å². The van der Waals surface area contributed by atoms with Crippen molar-refractivity contribution in [2.45, 2.75) is 37.2 Å². The van der Waals surface area contributed by atoms with Crippen LogP contribution in [0.5, 0.6) is 0 Å². The quantitative estimate of drug-likeness (QED) is 0.523. The van der Waals surface area contributed by atoms with Gasteiger partial charge in [-0.25, -0.2) is 0 Å². The molecule has 4 nitrogen and oxygen atoms in total. The average molecular weight is 173 g/mol. The van der Waals surface area contributed by atoms with E-state index in [-0.39, 0.29) is 6.04 Å². The van der Waals surface area contributed by atoms with Crippen LogP contribution in [0.3, 0.4) is 0 Å². The Morgan fingerprint density at radius 3 is 2.58 bits per heavy atom. The molecule has 1 aliphatic carbocycles. The number of hydrogen-bond donors (Lipinski definition) is 2. The molecule has 70 valence electrons. The van der Waals surface area contributed by atoms with Crippen LogP contribution in [0, 0.1) is 0 Å². The van der Waals surface area contributed by atoms with Crippen molar-refractivity contribution in [1.82, 2.24) is 0 Å². The van der Waals surface area contributed by atoms with Gasteiger partial charge < -0.3 is 20.3 Å². The summed E-state index contributed by atoms with van der Waals surface area (Å²) >= 11 is 0. The fourth-order valence-electron chi connectivity index (χ4n) is 1.91. The molecule has 0 bridgehead atoms. The van der Waals surface area contributed by atoms with Crippen molar-refractivity contribution < 1.29 is 14.6 Å². The lowest BCUT2D eigenvalue weighted by molar-refractivity contribution is -0.198. The van der Waals surface area contributed by atoms with Gasteiger partial charge in [0.2, 0.25) is 0 Å². The first kappa shape index (κ1) is 8.44. The van der Waals surface area contributed by atoms with Crippen LogP contribution < -0.4 is 5.73 Å². The molecule has 1 saturated heterocycles. The molecular weight excluding hydrogens is 158 g/mol. The number of nitrogens with two attached hydrogens (primary N) is 1. The maximum Gasteiger partial charge on any atom is 0.171 e. The highest BCUT2D eigenvalue weighted by molar-refractivity contribution is 4.89. The Morgan fingerprint density at radius 1 is 1.33 bits per heavy atom. The molecule has 2 aliphatic rings. The molecule has 1 aliphatic heterocycles. The molecule has 2 fully saturated rings. The second-order valence-corrected chi connectivity index (χ2v) is 3.58. The van der Waals surface area contributed by atoms with E-state index in [0.717, 1.165) is 12.8 Å². The summed E-state index contributed by atoms with van der Waals surface area (Å²) in [5.41, 5.74) is 5.67. The zero-order chi connectivity index (χ0) is 8.60. The van der Waals surface area contributed by atoms with E-state index in [9.17, 15) is 5.11 Å². The van der Waals surface area contributed by atoms with Crippen LogP contribution in [0.4, 0.5) is 0 Å². The van der Waals surface area contributed by atoms with Crippen LogP contribution in [-0.4, -0.2) is 36.3 Å². The molecule has 0 aromatic rings. The van der Waals surface area contributed by atoms with Gasteiger partial charge in [0.1, 0.15) is 0 Å². The van der Waals surface area contributed by atoms with Gasteiger partial charge in [-0.15, -0.1) is 0 Å². The second-order valence-electron chi connectivity index (χ2n) is 3.58. The van der Waals surface area contributed by atoms with Gasteiger partial charge in [0.05, 0.1) is 19.3 Å². The monoisotopic (exact) mass is 173 g/mol. The third-order valence-electron chi connectivity index (χ3n) is 2.69. The van der Waals surface area contributed by atoms with Gasteiger partial charge in [-0.3, -0.25) is 0 Å². The zero-order valence-electron chi connectivity index (χ0n) is 7.03. The number of aliphatic hydroxyl groups is 1.